The van der Waals surface area contributed by atoms with Crippen LogP contribution in [0.3, 0.4) is 0 Å². The number of aryl methyl sites for hydroxylation is 4. The number of aliphatic carboxylic acids is 1. The van der Waals surface area contributed by atoms with Gasteiger partial charge in [0.2, 0.25) is 29.7 Å². The zero-order chi connectivity index (χ0) is 80.2. The lowest BCUT2D eigenvalue weighted by Crippen LogP contribution is -2.29. The van der Waals surface area contributed by atoms with Crippen molar-refractivity contribution < 1.29 is 106 Å². The number of carbonyl (C=O) groups is 1. The highest BCUT2D eigenvalue weighted by atomic mass is 32.2. The number of unbranched alkanes of at least 4 members (excludes halogenated alkanes) is 3. The number of nitrogens with zero attached hydrogens (tertiary/aromatic N) is 12. The van der Waals surface area contributed by atoms with Crippen molar-refractivity contribution in [1.29, 1.82) is 0 Å². The molecule has 0 bridgehead atoms. The molecule has 616 valence electrons. The summed E-state index contributed by atoms with van der Waals surface area (Å²) in [6.07, 6.45) is 8.02. The first-order valence-electron chi connectivity index (χ1n) is 34.2. The molecule has 40 nitrogen and oxygen atoms in total. The molecule has 0 aliphatic rings. The minimum atomic E-state index is -5.45. The zero-order valence-electron chi connectivity index (χ0n) is 62.8. The van der Waals surface area contributed by atoms with Gasteiger partial charge >= 0.3 is 36.4 Å². The highest BCUT2D eigenvalue weighted by molar-refractivity contribution is 7.99. The standard InChI is InChI=1S/C19H37N4O6P.C15H32N6O7P2.C13H22N4O4S2.C12H23N4O5PS2/c1-6-14(2)10-27-7-8-29-16(4)12-28-11-15(3)9-18-21-17(5)22-19(23-18)20-13-30(24,25)26;1-12-19-13(17-10-6-4-3-5-9-16-2)21-14(20-12)18-11-7-8-15(22,29(23,24)25)30(26,27)28;1-10-15-12(14-9-11(18)19)17-13(16-10)23-8-6-21-4-3-20-5-7-22-2;1-10-14-11(13-9-22(17,18)19)16-12(15-10)24-8-6-21-4-3-20-5-7-23-2/h14-16H,6-13H2,1-5H3,(H2,24,25,26)(H,20,21,22,23);16,22H,3-11H2,1-2H3,(H2,23,24,25)(H2,26,27,28)(H2,17,18,19,20,21);3-9H2,1-2H3,(H,18,19)(H,14,15,16,17);3-9H2,1-2H3,(H2,17,18,19)(H,13,14,15,16). The van der Waals surface area contributed by atoms with Gasteiger partial charge < -0.3 is 114 Å². The van der Waals surface area contributed by atoms with Crippen molar-refractivity contribution in [2.75, 3.05) is 194 Å². The summed E-state index contributed by atoms with van der Waals surface area (Å²) in [6.45, 7) is 24.4. The fourth-order valence-corrected chi connectivity index (χ4v) is 12.9. The maximum Gasteiger partial charge on any atom is 0.369 e. The molecule has 4 heterocycles. The van der Waals surface area contributed by atoms with Crippen molar-refractivity contribution in [1.82, 2.24) is 65.1 Å². The summed E-state index contributed by atoms with van der Waals surface area (Å²) in [7, 11) is -17.3. The van der Waals surface area contributed by atoms with Gasteiger partial charge in [-0.15, -0.1) is 0 Å². The number of nitrogens with one attached hydrogen (secondary N) is 6. The molecule has 4 aromatic rings. The van der Waals surface area contributed by atoms with E-state index >= 15 is 0 Å². The highest BCUT2D eigenvalue weighted by Crippen LogP contribution is 2.69. The Kier molecular flexibility index (Phi) is 54.9. The number of rotatable bonds is 57. The Labute approximate surface area is 643 Å². The van der Waals surface area contributed by atoms with Crippen LogP contribution in [-0.4, -0.2) is 294 Å². The largest absolute Gasteiger partial charge is 0.480 e. The molecule has 0 amide bonds. The molecule has 0 aliphatic heterocycles. The summed E-state index contributed by atoms with van der Waals surface area (Å²) < 4.78 is 83.2. The lowest BCUT2D eigenvalue weighted by molar-refractivity contribution is -0.135. The Morgan fingerprint density at radius 2 is 0.879 bits per heavy atom. The van der Waals surface area contributed by atoms with E-state index in [1.165, 1.54) is 23.5 Å². The Hall–Kier alpha value is -3.85. The normalized spacial score (nSPS) is 12.7. The van der Waals surface area contributed by atoms with Gasteiger partial charge in [-0.05, 0) is 91.8 Å². The summed E-state index contributed by atoms with van der Waals surface area (Å²) in [5.41, 5.74) is 0. The first-order valence-corrected chi connectivity index (χ1v) is 45.8. The van der Waals surface area contributed by atoms with Crippen molar-refractivity contribution in [3.05, 3.63) is 29.1 Å². The van der Waals surface area contributed by atoms with E-state index in [0.717, 1.165) is 70.0 Å². The molecular formula is C59H114N18O22P4S4. The number of carboxylic acids is 1. The molecule has 0 spiro atoms. The van der Waals surface area contributed by atoms with Crippen LogP contribution in [0, 0.1) is 39.5 Å². The second kappa shape index (κ2) is 58.1. The van der Waals surface area contributed by atoms with Crippen molar-refractivity contribution in [2.24, 2.45) is 11.8 Å². The number of aromatic nitrogens is 12. The second-order valence-corrected chi connectivity index (χ2v) is 34.9. The van der Waals surface area contributed by atoms with Crippen LogP contribution in [0.5, 0.6) is 0 Å². The summed E-state index contributed by atoms with van der Waals surface area (Å²) in [6, 6.07) is 0. The molecule has 4 aromatic heterocycles. The van der Waals surface area contributed by atoms with Crippen LogP contribution in [-0.2, 0) is 62.6 Å². The molecule has 0 aliphatic carbocycles. The van der Waals surface area contributed by atoms with E-state index in [1.54, 1.807) is 51.2 Å². The van der Waals surface area contributed by atoms with Crippen molar-refractivity contribution in [2.45, 2.75) is 128 Å². The van der Waals surface area contributed by atoms with Gasteiger partial charge in [-0.2, -0.15) is 68.4 Å². The number of thioether (sulfide) groups is 4. The van der Waals surface area contributed by atoms with E-state index in [0.29, 0.717) is 142 Å². The van der Waals surface area contributed by atoms with E-state index in [1.807, 2.05) is 33.4 Å². The molecule has 48 heteroatoms. The van der Waals surface area contributed by atoms with E-state index in [9.17, 15) is 28.2 Å². The topological polar surface area (TPSA) is 579 Å². The summed E-state index contributed by atoms with van der Waals surface area (Å²) >= 11 is 6.32. The monoisotopic (exact) mass is 1680 g/mol. The zero-order valence-corrected chi connectivity index (χ0v) is 69.7. The van der Waals surface area contributed by atoms with Crippen LogP contribution >= 0.6 is 77.4 Å². The van der Waals surface area contributed by atoms with Gasteiger partial charge in [-0.3, -0.25) is 23.1 Å². The lowest BCUT2D eigenvalue weighted by atomic mass is 10.1. The van der Waals surface area contributed by atoms with Crippen LogP contribution < -0.4 is 31.9 Å². The Bertz CT molecular complexity index is 3240. The predicted molar refractivity (Wildman–Crippen MR) is 414 cm³/mol. The molecule has 0 aromatic carbocycles. The second-order valence-electron chi connectivity index (χ2n) is 23.5. The Morgan fingerprint density at radius 1 is 0.467 bits per heavy atom. The number of anilines is 5. The maximum atomic E-state index is 11.3. The van der Waals surface area contributed by atoms with Gasteiger partial charge in [-0.25, -0.2) is 15.0 Å². The van der Waals surface area contributed by atoms with E-state index in [-0.39, 0.29) is 55.3 Å². The summed E-state index contributed by atoms with van der Waals surface area (Å²) in [4.78, 5) is 132. The van der Waals surface area contributed by atoms with Crippen molar-refractivity contribution in [3.63, 3.8) is 0 Å². The van der Waals surface area contributed by atoms with Gasteiger partial charge in [-0.1, -0.05) is 63.6 Å². The van der Waals surface area contributed by atoms with Crippen LogP contribution in [0.1, 0.15) is 102 Å². The third-order valence-corrected chi connectivity index (χ3v) is 21.1. The number of aliphatic hydroxyl groups is 1. The summed E-state index contributed by atoms with van der Waals surface area (Å²) in [5.74, 6) is 6.75. The quantitative estimate of drug-likeness (QED) is 0.0151. The fraction of sp³-hybridized carbons (Fsp3) is 0.780. The predicted octanol–water partition coefficient (Wildman–Crippen LogP) is 5.34. The number of hydrogen-bond donors (Lipinski definition) is 16. The van der Waals surface area contributed by atoms with Crippen LogP contribution in [0.4, 0.5) is 29.7 Å². The number of hydrogen-bond acceptors (Lipinski definition) is 35. The third-order valence-electron chi connectivity index (χ3n) is 13.4. The van der Waals surface area contributed by atoms with E-state index in [2.05, 4.69) is 106 Å². The Balaban J connectivity index is 0.000000718. The average Bonchev–Trinajstić information content (AvgIpc) is 0.774. The Morgan fingerprint density at radius 3 is 1.33 bits per heavy atom. The molecule has 0 fully saturated rings. The molecule has 4 rings (SSSR count). The van der Waals surface area contributed by atoms with Crippen molar-refractivity contribution >= 4 is 113 Å². The number of ether oxygens (including phenoxy) is 7. The molecular weight excluding hydrogens is 1560 g/mol. The maximum absolute atomic E-state index is 11.3. The smallest absolute Gasteiger partial charge is 0.369 e. The van der Waals surface area contributed by atoms with Gasteiger partial charge in [0.1, 0.15) is 48.2 Å². The molecule has 107 heavy (non-hydrogen) atoms. The number of carboxylic acid groups (broad SMARTS) is 1. The summed E-state index contributed by atoms with van der Waals surface area (Å²) in [5, 5.41) is 32.8. The first-order chi connectivity index (χ1) is 50.5. The van der Waals surface area contributed by atoms with E-state index < -0.39 is 60.4 Å². The van der Waals surface area contributed by atoms with Gasteiger partial charge in [0, 0.05) is 62.2 Å². The van der Waals surface area contributed by atoms with Gasteiger partial charge in [0.15, 0.2) is 10.3 Å². The minimum Gasteiger partial charge on any atom is -0.480 e. The van der Waals surface area contributed by atoms with Crippen LogP contribution in [0.25, 0.3) is 0 Å². The SMILES string of the molecule is CCC(C)COCCOC(C)COCC(C)Cc1nc(C)nc(NCP(=O)(O)O)n1.CNCCCCCCNc1nc(C)nc(NCCCC(O)(P(=O)(O)O)P(=O)(O)O)n1.CSCCOCCOCCSc1nc(C)nc(NCC(=O)O)n1.CSCCOCCOCCSc1nc(C)nc(NCP(=O)(O)O)n1. The molecule has 0 saturated carbocycles. The fourth-order valence-electron chi connectivity index (χ4n) is 7.90. The average molecular weight is 1680 g/mol. The molecule has 0 saturated heterocycles. The molecule has 0 radical (unpaired) electrons. The lowest BCUT2D eigenvalue weighted by Gasteiger charge is -2.29. The van der Waals surface area contributed by atoms with Gasteiger partial charge in [0.25, 0.3) is 5.08 Å². The van der Waals surface area contributed by atoms with E-state index in [4.69, 9.17) is 77.4 Å². The first kappa shape index (κ1) is 101. The third kappa shape index (κ3) is 53.7. The van der Waals surface area contributed by atoms with Crippen LogP contribution in [0.2, 0.25) is 0 Å². The molecule has 3 atom stereocenters. The molecule has 16 N–H and O–H groups in total. The van der Waals surface area contributed by atoms with Gasteiger partial charge in [0.05, 0.1) is 78.8 Å². The van der Waals surface area contributed by atoms with Crippen LogP contribution in [0.15, 0.2) is 10.3 Å². The highest BCUT2D eigenvalue weighted by Gasteiger charge is 2.58. The minimum absolute atomic E-state index is 0.0210. The van der Waals surface area contributed by atoms with Crippen molar-refractivity contribution in [3.8, 4) is 0 Å². The molecule has 3 unspecified atom stereocenters.